The first-order valence-corrected chi connectivity index (χ1v) is 17.7. The summed E-state index contributed by atoms with van der Waals surface area (Å²) in [6.07, 6.45) is 10.6. The first kappa shape index (κ1) is 36.0. The second-order valence-corrected chi connectivity index (χ2v) is 12.6. The van der Waals surface area contributed by atoms with Crippen molar-refractivity contribution in [2.75, 3.05) is 137 Å². The molecule has 3 fully saturated rings. The highest BCUT2D eigenvalue weighted by atomic mass is 15.2. The van der Waals surface area contributed by atoms with Crippen LogP contribution in [-0.2, 0) is 0 Å². The SMILES string of the molecule is C1CCC2(CC1)CNCCNCCCNCCNCCNCCNCCNCCNCCNCCN1CCCC1CN2. The third-order valence-corrected chi connectivity index (χ3v) is 9.12. The van der Waals surface area contributed by atoms with E-state index in [0.29, 0.717) is 6.04 Å². The maximum atomic E-state index is 4.12. The second kappa shape index (κ2) is 24.8. The summed E-state index contributed by atoms with van der Waals surface area (Å²) in [6, 6.07) is 0.689. The fourth-order valence-electron chi connectivity index (χ4n) is 6.53. The second-order valence-electron chi connectivity index (χ2n) is 12.6. The molecule has 1 spiro atoms. The maximum Gasteiger partial charge on any atom is 0.0306 e. The summed E-state index contributed by atoms with van der Waals surface area (Å²) in [7, 11) is 0. The Balaban J connectivity index is 1.33. The molecule has 0 radical (unpaired) electrons. The van der Waals surface area contributed by atoms with E-state index in [-0.39, 0.29) is 5.54 Å². The monoisotopic (exact) mass is 596 g/mol. The highest BCUT2D eigenvalue weighted by Crippen LogP contribution is 2.28. The minimum Gasteiger partial charge on any atom is -0.315 e. The first-order chi connectivity index (χ1) is 20.9. The van der Waals surface area contributed by atoms with Gasteiger partial charge in [-0.1, -0.05) is 19.3 Å². The van der Waals surface area contributed by atoms with E-state index in [1.807, 2.05) is 0 Å². The molecular formula is C31H69N11. The van der Waals surface area contributed by atoms with E-state index in [1.54, 1.807) is 0 Å². The average Bonchev–Trinajstić information content (AvgIpc) is 3.46. The summed E-state index contributed by atoms with van der Waals surface area (Å²) in [4.78, 5) is 2.73. The molecule has 2 heterocycles. The van der Waals surface area contributed by atoms with Gasteiger partial charge in [0.2, 0.25) is 0 Å². The molecule has 2 saturated heterocycles. The third kappa shape index (κ3) is 17.2. The molecule has 1 atom stereocenters. The number of hydrogen-bond acceptors (Lipinski definition) is 11. The van der Waals surface area contributed by atoms with Gasteiger partial charge in [0.05, 0.1) is 0 Å². The van der Waals surface area contributed by atoms with Crippen LogP contribution in [0.5, 0.6) is 0 Å². The molecule has 0 aromatic carbocycles. The highest BCUT2D eigenvalue weighted by Gasteiger charge is 2.33. The van der Waals surface area contributed by atoms with Crippen LogP contribution in [-0.4, -0.2) is 154 Å². The van der Waals surface area contributed by atoms with Crippen LogP contribution in [0.1, 0.15) is 51.4 Å². The lowest BCUT2D eigenvalue weighted by atomic mass is 9.81. The van der Waals surface area contributed by atoms with E-state index in [4.69, 9.17) is 0 Å². The molecule has 11 heteroatoms. The molecule has 2 aliphatic heterocycles. The van der Waals surface area contributed by atoms with Gasteiger partial charge in [0, 0.05) is 129 Å². The zero-order chi connectivity index (χ0) is 29.2. The summed E-state index contributed by atoms with van der Waals surface area (Å²) < 4.78 is 0. The first-order valence-electron chi connectivity index (χ1n) is 17.7. The predicted octanol–water partition coefficient (Wildman–Crippen LogP) is -1.55. The number of fused-ring (bicyclic) bond motifs is 1. The van der Waals surface area contributed by atoms with Crippen LogP contribution in [0.3, 0.4) is 0 Å². The van der Waals surface area contributed by atoms with E-state index in [0.717, 1.165) is 124 Å². The van der Waals surface area contributed by atoms with E-state index >= 15 is 0 Å². The van der Waals surface area contributed by atoms with Gasteiger partial charge in [-0.25, -0.2) is 0 Å². The molecule has 42 heavy (non-hydrogen) atoms. The summed E-state index contributed by atoms with van der Waals surface area (Å²) >= 11 is 0. The largest absolute Gasteiger partial charge is 0.315 e. The molecule has 0 aromatic rings. The van der Waals surface area contributed by atoms with Crippen molar-refractivity contribution >= 4 is 0 Å². The zero-order valence-corrected chi connectivity index (χ0v) is 27.0. The lowest BCUT2D eigenvalue weighted by Gasteiger charge is -2.40. The summed E-state index contributed by atoms with van der Waals surface area (Å²) in [5.41, 5.74) is 0.285. The van der Waals surface area contributed by atoms with Crippen LogP contribution in [0.4, 0.5) is 0 Å². The molecule has 1 aliphatic carbocycles. The standard InChI is InChI=1S/C31H69N11/c1-2-7-31(8-3-1)29-40-24-23-33-10-5-9-32-11-12-34-13-14-35-15-16-36-17-18-37-19-20-38-21-22-39-25-27-42-26-4-6-30(42)28-41-31/h30,32-41H,1-29H2. The molecule has 1 saturated carbocycles. The predicted molar refractivity (Wildman–Crippen MR) is 179 cm³/mol. The fraction of sp³-hybridized carbons (Fsp3) is 1.00. The molecule has 3 aliphatic rings. The number of nitrogens with one attached hydrogen (secondary N) is 10. The van der Waals surface area contributed by atoms with Gasteiger partial charge in [-0.15, -0.1) is 0 Å². The van der Waals surface area contributed by atoms with Crippen molar-refractivity contribution in [1.82, 2.24) is 58.1 Å². The van der Waals surface area contributed by atoms with Crippen molar-refractivity contribution in [3.8, 4) is 0 Å². The summed E-state index contributed by atoms with van der Waals surface area (Å²) in [6.45, 7) is 22.4. The van der Waals surface area contributed by atoms with Gasteiger partial charge in [-0.05, 0) is 51.7 Å². The average molecular weight is 596 g/mol. The summed E-state index contributed by atoms with van der Waals surface area (Å²) in [5.74, 6) is 0. The molecule has 11 nitrogen and oxygen atoms in total. The Kier molecular flexibility index (Phi) is 21.3. The molecule has 10 N–H and O–H groups in total. The van der Waals surface area contributed by atoms with Gasteiger partial charge in [0.1, 0.15) is 0 Å². The van der Waals surface area contributed by atoms with Crippen LogP contribution in [0, 0.1) is 0 Å². The molecule has 0 aromatic heterocycles. The molecule has 248 valence electrons. The molecular weight excluding hydrogens is 526 g/mol. The third-order valence-electron chi connectivity index (χ3n) is 9.12. The fourth-order valence-corrected chi connectivity index (χ4v) is 6.53. The van der Waals surface area contributed by atoms with Crippen molar-refractivity contribution in [2.45, 2.75) is 62.9 Å². The van der Waals surface area contributed by atoms with Crippen LogP contribution < -0.4 is 53.2 Å². The Hall–Kier alpha value is -0.440. The maximum absolute atomic E-state index is 4.12. The van der Waals surface area contributed by atoms with Crippen molar-refractivity contribution in [2.24, 2.45) is 0 Å². The van der Waals surface area contributed by atoms with Gasteiger partial charge in [-0.3, -0.25) is 4.90 Å². The van der Waals surface area contributed by atoms with E-state index in [1.165, 1.54) is 64.5 Å². The minimum atomic E-state index is 0.285. The smallest absolute Gasteiger partial charge is 0.0306 e. The van der Waals surface area contributed by atoms with E-state index in [9.17, 15) is 0 Å². The van der Waals surface area contributed by atoms with E-state index in [2.05, 4.69) is 58.1 Å². The van der Waals surface area contributed by atoms with Crippen molar-refractivity contribution in [3.05, 3.63) is 0 Å². The Morgan fingerprint density at radius 3 is 1.38 bits per heavy atom. The van der Waals surface area contributed by atoms with Crippen LogP contribution in [0.2, 0.25) is 0 Å². The zero-order valence-electron chi connectivity index (χ0n) is 27.0. The lowest BCUT2D eigenvalue weighted by molar-refractivity contribution is 0.185. The van der Waals surface area contributed by atoms with Crippen LogP contribution >= 0.6 is 0 Å². The number of nitrogens with zero attached hydrogens (tertiary/aromatic N) is 1. The van der Waals surface area contributed by atoms with Gasteiger partial charge in [0.25, 0.3) is 0 Å². The Morgan fingerprint density at radius 1 is 0.405 bits per heavy atom. The normalized spacial score (nSPS) is 28.4. The highest BCUT2D eigenvalue weighted by molar-refractivity contribution is 4.95. The molecule has 0 amide bonds. The molecule has 3 rings (SSSR count). The van der Waals surface area contributed by atoms with Gasteiger partial charge >= 0.3 is 0 Å². The quantitative estimate of drug-likeness (QED) is 0.160. The Labute approximate surface area is 258 Å². The van der Waals surface area contributed by atoms with Gasteiger partial charge < -0.3 is 53.2 Å². The molecule has 0 bridgehead atoms. The van der Waals surface area contributed by atoms with Crippen LogP contribution in [0.15, 0.2) is 0 Å². The lowest BCUT2D eigenvalue weighted by Crippen LogP contribution is -2.57. The van der Waals surface area contributed by atoms with Gasteiger partial charge in [0.15, 0.2) is 0 Å². The minimum absolute atomic E-state index is 0.285. The Bertz CT molecular complexity index is 605. The summed E-state index contributed by atoms with van der Waals surface area (Å²) in [5, 5.41) is 36.4. The van der Waals surface area contributed by atoms with Gasteiger partial charge in [-0.2, -0.15) is 0 Å². The van der Waals surface area contributed by atoms with E-state index < -0.39 is 0 Å². The van der Waals surface area contributed by atoms with Crippen molar-refractivity contribution in [3.63, 3.8) is 0 Å². The van der Waals surface area contributed by atoms with Crippen molar-refractivity contribution in [1.29, 1.82) is 0 Å². The van der Waals surface area contributed by atoms with Crippen LogP contribution in [0.25, 0.3) is 0 Å². The topological polar surface area (TPSA) is 124 Å². The number of rotatable bonds is 0. The number of hydrogen-bond donors (Lipinski definition) is 10. The Morgan fingerprint density at radius 2 is 0.857 bits per heavy atom. The van der Waals surface area contributed by atoms with Crippen molar-refractivity contribution < 1.29 is 0 Å². The molecule has 1 unspecified atom stereocenters.